The van der Waals surface area contributed by atoms with Crippen molar-refractivity contribution < 1.29 is 0 Å². The van der Waals surface area contributed by atoms with Crippen LogP contribution in [0.2, 0.25) is 0 Å². The maximum Gasteiger partial charge on any atom is 0.0126 e. The average Bonchev–Trinajstić information content (AvgIpc) is 1.57. The lowest BCUT2D eigenvalue weighted by Crippen LogP contribution is -2.66. The van der Waals surface area contributed by atoms with E-state index in [0.29, 0.717) is 121 Å². The summed E-state index contributed by atoms with van der Waals surface area (Å²) in [6.07, 6.45) is 25.7. The standard InChI is InChI=1S/C18H35N.2C17H34N2.C15H30N2.C13H25N.C13H27N.C12H26N2.C12H25N.C11H23N/c1-16(2,3)15-7-9-18(10-8-15)11-13-19(14-12-18)17(4,5)6;1-15(2,3)18-11-7-17(8-12-18)9-13-19(14-10-17)16(4,5)6;1-15(2,3)13-18-10-7-17(14-18)8-11-19(12-9-17)16(4,5)6;1-13(2,3)16-9-7-15(8-10-16)11-17(12-15)14(4,5)6;1-12(2,3)11-9-7-14(8-10(9)11)13(4,5)6;1-12(2,3)11-7-9-14(10-8-11)13(4,5)6;1-11(2,3)13-7-9-14(10-8-13)12(4,5)6;1-11(2,3)10-7-8-13(9-10)12(4,5)6;1-10(2,3)9-7-12(8-9)11(4,5)6/h15H,7-14H2,1-6H3;2*7-14H2,1-6H3;7-12H2,1-6H3;9-11H,7-8H2,1-6H3;11H,7-10H2,1-6H3;7-10H2,1-6H3;10H,7-9H2,1-6H3;9H,7-8H2,1-6H3/t;;;;9-,10+,11?;;;;. The molecule has 0 radical (unpaired) electrons. The average molecular weight is 1980 g/mol. The number of hydrogen-bond acceptors (Lipinski definition) is 13. The van der Waals surface area contributed by atoms with E-state index in [2.05, 4.69) is 438 Å². The molecule has 4 atom stereocenters. The molecule has 13 heteroatoms. The zero-order chi connectivity index (χ0) is 108. The van der Waals surface area contributed by atoms with E-state index in [1.807, 2.05) is 0 Å². The Bertz CT molecular complexity index is 3170. The summed E-state index contributed by atoms with van der Waals surface area (Å²) in [5.74, 6) is 6.67. The van der Waals surface area contributed by atoms with Crippen molar-refractivity contribution in [3.05, 3.63) is 0 Å². The molecule has 0 amide bonds. The lowest BCUT2D eigenvalue weighted by atomic mass is 9.61. The number of rotatable bonds is 1. The number of hydrogen-bond donors (Lipinski definition) is 0. The van der Waals surface area contributed by atoms with Crippen LogP contribution < -0.4 is 0 Å². The topological polar surface area (TPSA) is 42.1 Å². The lowest BCUT2D eigenvalue weighted by molar-refractivity contribution is -0.0990. The largest absolute Gasteiger partial charge is 0.302 e. The van der Waals surface area contributed by atoms with Gasteiger partial charge in [0, 0.05) is 152 Å². The second-order valence-electron chi connectivity index (χ2n) is 68.5. The molecule has 0 aromatic heterocycles. The molecular weight excluding hydrogens is 1720 g/mol. The fourth-order valence-electron chi connectivity index (χ4n) is 26.6. The Hall–Kier alpha value is -0.520. The molecular formula is C128H259N13. The van der Waals surface area contributed by atoms with Gasteiger partial charge in [-0.25, -0.2) is 0 Å². The minimum absolute atomic E-state index is 0.337. The van der Waals surface area contributed by atoms with Crippen LogP contribution in [0.4, 0.5) is 0 Å². The van der Waals surface area contributed by atoms with Crippen molar-refractivity contribution in [2.75, 3.05) is 177 Å². The highest BCUT2D eigenvalue weighted by molar-refractivity contribution is 5.12. The van der Waals surface area contributed by atoms with E-state index < -0.39 is 0 Å². The van der Waals surface area contributed by atoms with E-state index in [-0.39, 0.29) is 0 Å². The van der Waals surface area contributed by atoms with Crippen molar-refractivity contribution in [2.24, 2.45) is 95.6 Å². The normalized spacial score (nSPS) is 26.8. The number of piperidine rings is 7. The third-order valence-corrected chi connectivity index (χ3v) is 38.8. The summed E-state index contributed by atoms with van der Waals surface area (Å²) in [5.41, 5.74) is 10.00. The van der Waals surface area contributed by atoms with E-state index in [0.717, 1.165) is 41.4 Å². The Labute approximate surface area is 886 Å². The first-order valence-corrected chi connectivity index (χ1v) is 59.8. The molecule has 4 spiro atoms. The van der Waals surface area contributed by atoms with Crippen LogP contribution in [-0.4, -0.2) is 307 Å². The zero-order valence-corrected chi connectivity index (χ0v) is 107. The van der Waals surface area contributed by atoms with Gasteiger partial charge in [-0.1, -0.05) is 125 Å². The first-order chi connectivity index (χ1) is 63.0. The lowest BCUT2D eigenvalue weighted by Gasteiger charge is -2.59. The zero-order valence-electron chi connectivity index (χ0n) is 107. The van der Waals surface area contributed by atoms with Gasteiger partial charge < -0.3 is 4.90 Å². The minimum Gasteiger partial charge on any atom is -0.302 e. The minimum atomic E-state index is 0.337. The van der Waals surface area contributed by atoms with Gasteiger partial charge in [0.2, 0.25) is 0 Å². The van der Waals surface area contributed by atoms with E-state index in [1.54, 1.807) is 0 Å². The van der Waals surface area contributed by atoms with Crippen molar-refractivity contribution in [3.8, 4) is 0 Å². The molecule has 2 aliphatic carbocycles. The fourth-order valence-corrected chi connectivity index (χ4v) is 26.6. The smallest absolute Gasteiger partial charge is 0.0126 e. The first-order valence-electron chi connectivity index (χ1n) is 59.8. The molecule has 0 bridgehead atoms. The number of nitrogens with zero attached hydrogens (tertiary/aromatic N) is 13. The van der Waals surface area contributed by atoms with Crippen molar-refractivity contribution >= 4 is 0 Å². The van der Waals surface area contributed by atoms with Crippen LogP contribution in [0.15, 0.2) is 0 Å². The molecule has 14 rings (SSSR count). The van der Waals surface area contributed by atoms with Crippen LogP contribution in [0.5, 0.6) is 0 Å². The van der Waals surface area contributed by atoms with E-state index in [9.17, 15) is 0 Å². The molecule has 0 N–H and O–H groups in total. The summed E-state index contributed by atoms with van der Waals surface area (Å²) >= 11 is 0. The van der Waals surface area contributed by atoms with Crippen LogP contribution in [0.1, 0.15) is 489 Å². The number of fused-ring (bicyclic) bond motifs is 1. The fraction of sp³-hybridized carbons (Fsp3) is 1.00. The molecule has 2 unspecified atom stereocenters. The van der Waals surface area contributed by atoms with Crippen LogP contribution in [0.25, 0.3) is 0 Å². The quantitative estimate of drug-likeness (QED) is 0.251. The number of piperazine rings is 1. The Morgan fingerprint density at radius 3 is 0.624 bits per heavy atom. The third-order valence-electron chi connectivity index (χ3n) is 38.8. The Balaban J connectivity index is 0.000000244. The molecule has 0 aromatic rings. The van der Waals surface area contributed by atoms with Crippen LogP contribution in [-0.2, 0) is 0 Å². The predicted molar refractivity (Wildman–Crippen MR) is 626 cm³/mol. The van der Waals surface area contributed by atoms with E-state index >= 15 is 0 Å². The predicted octanol–water partition coefficient (Wildman–Crippen LogP) is 30.1. The van der Waals surface area contributed by atoms with Gasteiger partial charge in [0.05, 0.1) is 0 Å². The van der Waals surface area contributed by atoms with Gasteiger partial charge in [0.25, 0.3) is 0 Å². The second kappa shape index (κ2) is 47.8. The van der Waals surface area contributed by atoms with Gasteiger partial charge in [-0.2, -0.15) is 0 Å². The van der Waals surface area contributed by atoms with Crippen molar-refractivity contribution in [2.45, 2.75) is 556 Å². The maximum absolute atomic E-state index is 2.72. The molecule has 13 nitrogen and oxygen atoms in total. The summed E-state index contributed by atoms with van der Waals surface area (Å²) in [6, 6.07) is 0. The summed E-state index contributed by atoms with van der Waals surface area (Å²) in [4.78, 5) is 34.3. The summed E-state index contributed by atoms with van der Waals surface area (Å²) < 4.78 is 0. The monoisotopic (exact) mass is 1980 g/mol. The Morgan fingerprint density at radius 1 is 0.163 bits per heavy atom. The number of likely N-dealkylation sites (tertiary alicyclic amines) is 11. The Kier molecular flexibility index (Phi) is 43.8. The summed E-state index contributed by atoms with van der Waals surface area (Å²) in [7, 11) is 0. The summed E-state index contributed by atoms with van der Waals surface area (Å²) in [6.45, 7) is 162. The van der Waals surface area contributed by atoms with Gasteiger partial charge in [0.15, 0.2) is 0 Å². The van der Waals surface area contributed by atoms with Crippen molar-refractivity contribution in [3.63, 3.8) is 0 Å². The second-order valence-corrected chi connectivity index (χ2v) is 68.5. The van der Waals surface area contributed by atoms with E-state index in [1.165, 1.54) is 292 Å². The summed E-state index contributed by atoms with van der Waals surface area (Å²) in [5, 5.41) is 0. The van der Waals surface area contributed by atoms with Crippen LogP contribution in [0.3, 0.4) is 0 Å². The SMILES string of the molecule is CC(C)(C)C1CCC2(CC1)CCN(C(C)(C)C)CC2.CC(C)(C)C1CCN(C(C)(C)C)C1.CC(C)(C)C1CCN(C(C)(C)C)CC1.CC(C)(C)C1CN(C(C)(C)C)C1.CC(C)(C)C1[C@H]2CN(C(C)(C)C)C[C@@H]12.CC(C)(C)CN1CCC2(CCN(C(C)(C)C)CC2)C1.CC(C)(C)N1CCC2(CC1)CCN(C(C)(C)C)CC2.CC(C)(C)N1CCC2(CC1)CN(C(C)(C)C)C2.CC(C)(C)N1CCN(C(C)(C)C)CC1. The molecule has 12 saturated heterocycles. The highest BCUT2D eigenvalue weighted by Crippen LogP contribution is 2.61. The van der Waals surface area contributed by atoms with Gasteiger partial charge in [-0.05, 0) is 552 Å². The highest BCUT2D eigenvalue weighted by atomic mass is 15.3. The first kappa shape index (κ1) is 129. The van der Waals surface area contributed by atoms with Crippen LogP contribution in [0, 0.1) is 95.6 Å². The highest BCUT2D eigenvalue weighted by Gasteiger charge is 2.61. The van der Waals surface area contributed by atoms with E-state index in [4.69, 9.17) is 0 Å². The molecule has 12 heterocycles. The van der Waals surface area contributed by atoms with Gasteiger partial charge >= 0.3 is 0 Å². The molecule has 14 aliphatic rings. The van der Waals surface area contributed by atoms with Gasteiger partial charge in [0.1, 0.15) is 0 Å². The molecule has 14 fully saturated rings. The molecule has 141 heavy (non-hydrogen) atoms. The van der Waals surface area contributed by atoms with Gasteiger partial charge in [-0.15, -0.1) is 0 Å². The maximum atomic E-state index is 2.72. The van der Waals surface area contributed by atoms with Crippen molar-refractivity contribution in [1.29, 1.82) is 0 Å². The molecule has 0 aromatic carbocycles. The Morgan fingerprint density at radius 2 is 0.376 bits per heavy atom. The molecule has 12 aliphatic heterocycles. The molecule has 836 valence electrons. The van der Waals surface area contributed by atoms with Crippen molar-refractivity contribution in [1.82, 2.24) is 63.7 Å². The third kappa shape index (κ3) is 40.7. The van der Waals surface area contributed by atoms with Gasteiger partial charge in [-0.3, -0.25) is 58.8 Å². The van der Waals surface area contributed by atoms with Crippen LogP contribution >= 0.6 is 0 Å². The molecule has 2 saturated carbocycles.